The molecule has 0 N–H and O–H groups in total. The van der Waals surface area contributed by atoms with E-state index in [9.17, 15) is 93.4 Å². The Bertz CT molecular complexity index is 1260. The van der Waals surface area contributed by atoms with Gasteiger partial charge < -0.3 is 14.2 Å². The van der Waals surface area contributed by atoms with Crippen LogP contribution in [0.15, 0.2) is 12.7 Å². The second-order valence-electron chi connectivity index (χ2n) is 11.7. The molecule has 0 fully saturated rings. The summed E-state index contributed by atoms with van der Waals surface area (Å²) >= 11 is 31.0. The first-order valence-corrected chi connectivity index (χ1v) is 25.7. The maximum atomic E-state index is 12.8. The first-order chi connectivity index (χ1) is 25.7. The van der Waals surface area contributed by atoms with Crippen molar-refractivity contribution in [1.29, 1.82) is 0 Å². The van der Waals surface area contributed by atoms with E-state index in [2.05, 4.69) is 20.8 Å². The summed E-state index contributed by atoms with van der Waals surface area (Å²) in [5, 5.41) is 0. The maximum Gasteiger partial charge on any atom is 0.437 e. The molecule has 0 aromatic carbocycles. The van der Waals surface area contributed by atoms with Crippen LogP contribution < -0.4 is 0 Å². The largest absolute Gasteiger partial charge is 0.440 e. The highest BCUT2D eigenvalue weighted by atomic mass is 35.8. The van der Waals surface area contributed by atoms with Crippen molar-refractivity contribution in [2.24, 2.45) is 5.92 Å². The van der Waals surface area contributed by atoms with E-state index in [4.69, 9.17) is 66.5 Å². The standard InChI is InChI=1S/C11H16F6O2.C8H9Cl3F6O2Si.C8H8F6O2.Cl3HSi/c1-7(2)5-4-6-9(10(12,13)14,11(15,16)17)19-8(3)18;1-5(18)19-6(7(12,13)14,8(15,16)17)3-2-4-20(9,10)11;1-3-4-6(7(9,10)11,8(12,13)14)16-5(2)15;1-4(2)3/h7H,4-6H2,1-3H3;2-4H2,1H3;3H,1,4H2,2H3;4H. The monoisotopic (exact) mass is 1060 g/mol. The molecule has 354 valence electrons. The van der Waals surface area contributed by atoms with E-state index in [1.54, 1.807) is 13.8 Å². The minimum Gasteiger partial charge on any atom is -0.440 e. The van der Waals surface area contributed by atoms with Gasteiger partial charge in [0.25, 0.3) is 0 Å². The molecule has 0 aromatic heterocycles. The SMILES string of the molecule is C=CCC(OC(C)=O)(C(F)(F)F)C(F)(F)F.CC(=O)OC(CCCC(C)C)(C(F)(F)F)C(F)(F)F.CC(=O)OC(CCC[Si](Cl)(Cl)Cl)(C(F)(F)F)C(F)(F)F.Cl[SiH](Cl)Cl. The zero-order valence-corrected chi connectivity index (χ0v) is 37.1. The Morgan fingerprint density at radius 1 is 0.559 bits per heavy atom. The second-order valence-corrected chi connectivity index (χ2v) is 27.5. The highest BCUT2D eigenvalue weighted by Gasteiger charge is 2.75. The van der Waals surface area contributed by atoms with E-state index in [1.807, 2.05) is 0 Å². The average molecular weight is 1070 g/mol. The fourth-order valence-electron chi connectivity index (χ4n) is 4.01. The molecule has 32 heteroatoms. The van der Waals surface area contributed by atoms with E-state index in [0.29, 0.717) is 26.8 Å². The quantitative estimate of drug-likeness (QED) is 0.0457. The molecule has 0 rings (SSSR count). The lowest BCUT2D eigenvalue weighted by Gasteiger charge is -2.36. The van der Waals surface area contributed by atoms with E-state index in [0.717, 1.165) is 0 Å². The Kier molecular flexibility index (Phi) is 27.2. The summed E-state index contributed by atoms with van der Waals surface area (Å²) in [5.41, 5.74) is -13.5. The van der Waals surface area contributed by atoms with Crippen molar-refractivity contribution in [3.63, 3.8) is 0 Å². The van der Waals surface area contributed by atoms with Gasteiger partial charge in [0.05, 0.1) is 0 Å². The Morgan fingerprint density at radius 2 is 0.797 bits per heavy atom. The second kappa shape index (κ2) is 24.8. The zero-order chi connectivity index (χ0) is 48.7. The minimum atomic E-state index is -5.83. The van der Waals surface area contributed by atoms with Crippen molar-refractivity contribution >= 4 is 97.1 Å². The van der Waals surface area contributed by atoms with E-state index in [1.165, 1.54) is 0 Å². The molecule has 0 bridgehead atoms. The molecule has 0 radical (unpaired) electrons. The third-order valence-corrected chi connectivity index (χ3v) is 9.05. The van der Waals surface area contributed by atoms with Gasteiger partial charge in [0.2, 0.25) is 0 Å². The third-order valence-electron chi connectivity index (χ3n) is 6.43. The molecule has 0 aliphatic rings. The number of ether oxygens (including phenoxy) is 3. The van der Waals surface area contributed by atoms with Gasteiger partial charge in [0, 0.05) is 40.0 Å². The topological polar surface area (TPSA) is 78.9 Å². The van der Waals surface area contributed by atoms with Gasteiger partial charge in [-0.25, -0.2) is 0 Å². The van der Waals surface area contributed by atoms with Gasteiger partial charge in [-0.2, -0.15) is 79.0 Å². The van der Waals surface area contributed by atoms with Crippen LogP contribution in [-0.4, -0.2) is 84.5 Å². The van der Waals surface area contributed by atoms with Gasteiger partial charge in [-0.1, -0.05) is 26.3 Å². The van der Waals surface area contributed by atoms with Crippen molar-refractivity contribution in [3.8, 4) is 0 Å². The molecule has 0 aliphatic carbocycles. The van der Waals surface area contributed by atoms with Crippen LogP contribution >= 0.6 is 66.5 Å². The number of hydrogen-bond acceptors (Lipinski definition) is 6. The van der Waals surface area contributed by atoms with Crippen molar-refractivity contribution in [2.75, 3.05) is 0 Å². The predicted octanol–water partition coefficient (Wildman–Crippen LogP) is 13.5. The van der Waals surface area contributed by atoms with Crippen molar-refractivity contribution in [1.82, 2.24) is 0 Å². The minimum absolute atomic E-state index is 0.0449. The van der Waals surface area contributed by atoms with Crippen LogP contribution in [0.4, 0.5) is 79.0 Å². The third kappa shape index (κ3) is 22.8. The summed E-state index contributed by atoms with van der Waals surface area (Å²) in [6.45, 7) is 5.86. The molecule has 0 aliphatic heterocycles. The molecule has 0 spiro atoms. The van der Waals surface area contributed by atoms with Gasteiger partial charge in [0.1, 0.15) is 0 Å². The van der Waals surface area contributed by atoms with Crippen LogP contribution in [0.5, 0.6) is 0 Å². The first kappa shape index (κ1) is 64.7. The number of hydrogen-bond donors (Lipinski definition) is 0. The molecule has 59 heavy (non-hydrogen) atoms. The first-order valence-electron chi connectivity index (χ1n) is 15.3. The molecule has 0 amide bonds. The lowest BCUT2D eigenvalue weighted by atomic mass is 9.92. The van der Waals surface area contributed by atoms with Crippen LogP contribution in [0.2, 0.25) is 6.04 Å². The average Bonchev–Trinajstić information content (AvgIpc) is 2.91. The summed E-state index contributed by atoms with van der Waals surface area (Å²) in [4.78, 5) is 31.6. The number of halogens is 24. The molecule has 0 aromatic rings. The molecular weight excluding hydrogens is 1030 g/mol. The van der Waals surface area contributed by atoms with E-state index in [-0.39, 0.29) is 18.8 Å². The highest BCUT2D eigenvalue weighted by Crippen LogP contribution is 2.51. The van der Waals surface area contributed by atoms with Crippen LogP contribution in [0.3, 0.4) is 0 Å². The van der Waals surface area contributed by atoms with Crippen LogP contribution in [0, 0.1) is 5.92 Å². The number of esters is 3. The van der Waals surface area contributed by atoms with E-state index >= 15 is 0 Å². The lowest BCUT2D eigenvalue weighted by molar-refractivity contribution is -0.371. The molecule has 6 nitrogen and oxygen atoms in total. The Hall–Kier alpha value is -0.936. The smallest absolute Gasteiger partial charge is 0.437 e. The van der Waals surface area contributed by atoms with Crippen molar-refractivity contribution < 1.29 is 108 Å². The zero-order valence-electron chi connectivity index (χ0n) is 30.4. The van der Waals surface area contributed by atoms with Crippen LogP contribution in [-0.2, 0) is 28.6 Å². The number of rotatable bonds is 13. The molecule has 0 unspecified atom stereocenters. The van der Waals surface area contributed by atoms with Crippen LogP contribution in [0.1, 0.15) is 73.1 Å². The number of carbonyl (C=O) groups excluding carboxylic acids is 3. The van der Waals surface area contributed by atoms with Gasteiger partial charge in [-0.15, -0.1) is 73.1 Å². The summed E-state index contributed by atoms with van der Waals surface area (Å²) in [5.74, 6) is -5.03. The molecular formula is C27H34Cl6F18O6Si2. The van der Waals surface area contributed by atoms with Crippen molar-refractivity contribution in [2.45, 2.75) is 133 Å². The molecule has 0 heterocycles. The fraction of sp³-hybridized carbons (Fsp3) is 0.815. The highest BCUT2D eigenvalue weighted by molar-refractivity contribution is 7.64. The molecule has 0 saturated heterocycles. The van der Waals surface area contributed by atoms with Crippen molar-refractivity contribution in [3.05, 3.63) is 12.7 Å². The number of carbonyl (C=O) groups is 3. The fourth-order valence-corrected chi connectivity index (χ4v) is 5.79. The van der Waals surface area contributed by atoms with Gasteiger partial charge in [0.15, 0.2) is 0 Å². The summed E-state index contributed by atoms with van der Waals surface area (Å²) in [6.07, 6.45) is -39.5. The summed E-state index contributed by atoms with van der Waals surface area (Å²) < 4.78 is 238. The van der Waals surface area contributed by atoms with Crippen LogP contribution in [0.25, 0.3) is 0 Å². The maximum absolute atomic E-state index is 12.8. The van der Waals surface area contributed by atoms with Gasteiger partial charge in [-0.05, 0) is 24.8 Å². The van der Waals surface area contributed by atoms with Gasteiger partial charge in [-0.3, -0.25) is 14.4 Å². The summed E-state index contributed by atoms with van der Waals surface area (Å²) in [6, 6.07) is -3.80. The Morgan fingerprint density at radius 3 is 0.983 bits per heavy atom. The lowest BCUT2D eigenvalue weighted by Crippen LogP contribution is -2.59. The number of alkyl halides is 18. The molecule has 0 atom stereocenters. The summed E-state index contributed by atoms with van der Waals surface area (Å²) in [7, 11) is 0. The Labute approximate surface area is 355 Å². The van der Waals surface area contributed by atoms with E-state index < -0.39 is 116 Å². The Balaban J connectivity index is -0.000000369. The molecule has 0 saturated carbocycles. The van der Waals surface area contributed by atoms with Gasteiger partial charge >= 0.3 is 84.5 Å². The normalized spacial score (nSPS) is 13.5. The predicted molar refractivity (Wildman–Crippen MR) is 185 cm³/mol.